The van der Waals surface area contributed by atoms with Crippen molar-refractivity contribution < 1.29 is 32.7 Å². The van der Waals surface area contributed by atoms with Crippen LogP contribution < -0.4 is 10.8 Å². The number of alkyl halides is 3. The third-order valence-electron chi connectivity index (χ3n) is 1.91. The second kappa shape index (κ2) is 6.44. The van der Waals surface area contributed by atoms with Crippen molar-refractivity contribution in [3.63, 3.8) is 0 Å². The molecule has 0 radical (unpaired) electrons. The summed E-state index contributed by atoms with van der Waals surface area (Å²) in [5.41, 5.74) is 0.673. The number of urea groups is 1. The van der Waals surface area contributed by atoms with Crippen molar-refractivity contribution in [3.05, 3.63) is 28.8 Å². The predicted octanol–water partition coefficient (Wildman–Crippen LogP) is 2.50. The summed E-state index contributed by atoms with van der Waals surface area (Å²) in [4.78, 5) is 25.6. The van der Waals surface area contributed by atoms with E-state index < -0.39 is 30.3 Å². The Morgan fingerprint density at radius 2 is 2.00 bits per heavy atom. The molecule has 110 valence electrons. The van der Waals surface area contributed by atoms with Gasteiger partial charge in [0.05, 0.1) is 16.3 Å². The predicted molar refractivity (Wildman–Crippen MR) is 62.2 cm³/mol. The number of hydroxylamine groups is 1. The fourth-order valence-electron chi connectivity index (χ4n) is 1.10. The zero-order chi connectivity index (χ0) is 15.3. The Morgan fingerprint density at radius 1 is 1.35 bits per heavy atom. The number of hydrogen-bond donors (Lipinski definition) is 3. The number of rotatable bonds is 4. The first kappa shape index (κ1) is 16.1. The van der Waals surface area contributed by atoms with Gasteiger partial charge in [-0.3, -0.25) is 4.84 Å². The molecule has 0 aliphatic carbocycles. The molecule has 0 saturated carbocycles. The van der Waals surface area contributed by atoms with E-state index in [0.717, 1.165) is 12.1 Å². The van der Waals surface area contributed by atoms with E-state index in [-0.39, 0.29) is 10.7 Å². The molecule has 10 heteroatoms. The molecule has 0 fully saturated rings. The molecule has 0 spiro atoms. The number of carbonyl (C=O) groups excluding carboxylic acids is 1. The van der Waals surface area contributed by atoms with E-state index in [9.17, 15) is 22.8 Å². The van der Waals surface area contributed by atoms with Crippen molar-refractivity contribution in [2.75, 3.05) is 11.9 Å². The Morgan fingerprint density at radius 3 is 2.50 bits per heavy atom. The van der Waals surface area contributed by atoms with Gasteiger partial charge in [0.15, 0.2) is 6.61 Å². The van der Waals surface area contributed by atoms with Crippen LogP contribution in [0, 0.1) is 0 Å². The SMILES string of the molecule is O=C(O)CONC(=O)Nc1ccc(C(F)(F)F)cc1Cl. The monoisotopic (exact) mass is 312 g/mol. The van der Waals surface area contributed by atoms with E-state index in [2.05, 4.69) is 10.2 Å². The quantitative estimate of drug-likeness (QED) is 0.745. The normalized spacial score (nSPS) is 11.0. The van der Waals surface area contributed by atoms with E-state index in [4.69, 9.17) is 16.7 Å². The molecule has 0 aliphatic heterocycles. The van der Waals surface area contributed by atoms with Gasteiger partial charge in [0, 0.05) is 0 Å². The molecule has 0 aliphatic rings. The summed E-state index contributed by atoms with van der Waals surface area (Å²) < 4.78 is 37.1. The van der Waals surface area contributed by atoms with E-state index >= 15 is 0 Å². The van der Waals surface area contributed by atoms with E-state index in [1.54, 1.807) is 5.48 Å². The van der Waals surface area contributed by atoms with Crippen LogP contribution >= 0.6 is 11.6 Å². The maximum Gasteiger partial charge on any atom is 0.416 e. The van der Waals surface area contributed by atoms with Gasteiger partial charge in [-0.2, -0.15) is 13.2 Å². The Bertz CT molecular complexity index is 522. The van der Waals surface area contributed by atoms with Crippen LogP contribution in [0.3, 0.4) is 0 Å². The molecule has 2 amide bonds. The number of anilines is 1. The maximum atomic E-state index is 12.4. The van der Waals surface area contributed by atoms with Crippen LogP contribution in [0.4, 0.5) is 23.7 Å². The van der Waals surface area contributed by atoms with E-state index in [0.29, 0.717) is 6.07 Å². The van der Waals surface area contributed by atoms with Gasteiger partial charge in [0.2, 0.25) is 0 Å². The number of carboxylic acids is 1. The summed E-state index contributed by atoms with van der Waals surface area (Å²) in [7, 11) is 0. The summed E-state index contributed by atoms with van der Waals surface area (Å²) in [6.07, 6.45) is -4.55. The molecule has 1 aromatic rings. The van der Waals surface area contributed by atoms with Crippen molar-refractivity contribution in [2.45, 2.75) is 6.18 Å². The first-order valence-electron chi connectivity index (χ1n) is 4.97. The molecular weight excluding hydrogens is 305 g/mol. The fourth-order valence-corrected chi connectivity index (χ4v) is 1.33. The lowest BCUT2D eigenvalue weighted by Crippen LogP contribution is -2.30. The molecule has 0 heterocycles. The third kappa shape index (κ3) is 4.94. The van der Waals surface area contributed by atoms with Gasteiger partial charge >= 0.3 is 18.2 Å². The van der Waals surface area contributed by atoms with Crippen LogP contribution in [0.2, 0.25) is 5.02 Å². The minimum atomic E-state index is -4.55. The number of benzene rings is 1. The molecule has 1 aromatic carbocycles. The fraction of sp³-hybridized carbons (Fsp3) is 0.200. The van der Waals surface area contributed by atoms with E-state index in [1.165, 1.54) is 0 Å². The lowest BCUT2D eigenvalue weighted by atomic mass is 10.2. The van der Waals surface area contributed by atoms with Crippen molar-refractivity contribution in [1.29, 1.82) is 0 Å². The van der Waals surface area contributed by atoms with Crippen LogP contribution in [0.15, 0.2) is 18.2 Å². The van der Waals surface area contributed by atoms with Gasteiger partial charge in [-0.05, 0) is 18.2 Å². The molecule has 20 heavy (non-hydrogen) atoms. The first-order valence-corrected chi connectivity index (χ1v) is 5.35. The first-order chi connectivity index (χ1) is 9.20. The summed E-state index contributed by atoms with van der Waals surface area (Å²) >= 11 is 5.59. The molecule has 0 unspecified atom stereocenters. The van der Waals surface area contributed by atoms with E-state index in [1.807, 2.05) is 0 Å². The Balaban J connectivity index is 2.65. The number of halogens is 4. The van der Waals surface area contributed by atoms with Gasteiger partial charge < -0.3 is 10.4 Å². The van der Waals surface area contributed by atoms with Crippen LogP contribution in [0.5, 0.6) is 0 Å². The highest BCUT2D eigenvalue weighted by atomic mass is 35.5. The highest BCUT2D eigenvalue weighted by Crippen LogP contribution is 2.33. The molecule has 6 nitrogen and oxygen atoms in total. The highest BCUT2D eigenvalue weighted by Gasteiger charge is 2.30. The van der Waals surface area contributed by atoms with Crippen molar-refractivity contribution in [2.24, 2.45) is 0 Å². The maximum absolute atomic E-state index is 12.4. The van der Waals surface area contributed by atoms with Crippen molar-refractivity contribution in [3.8, 4) is 0 Å². The smallest absolute Gasteiger partial charge is 0.416 e. The highest BCUT2D eigenvalue weighted by molar-refractivity contribution is 6.33. The van der Waals surface area contributed by atoms with Crippen molar-refractivity contribution >= 4 is 29.3 Å². The number of carboxylic acid groups (broad SMARTS) is 1. The minimum Gasteiger partial charge on any atom is -0.479 e. The van der Waals surface area contributed by atoms with Crippen LogP contribution in [-0.4, -0.2) is 23.7 Å². The number of nitrogens with one attached hydrogen (secondary N) is 2. The second-order valence-electron chi connectivity index (χ2n) is 3.43. The Labute approximate surface area is 115 Å². The van der Waals surface area contributed by atoms with Crippen LogP contribution in [-0.2, 0) is 15.8 Å². The number of hydrogen-bond acceptors (Lipinski definition) is 3. The molecule has 3 N–H and O–H groups in total. The number of carbonyl (C=O) groups is 2. The summed E-state index contributed by atoms with van der Waals surface area (Å²) in [6, 6.07) is 1.37. The van der Waals surface area contributed by atoms with Gasteiger partial charge in [-0.1, -0.05) is 11.6 Å². The number of aliphatic carboxylic acids is 1. The average molecular weight is 313 g/mol. The summed E-state index contributed by atoms with van der Waals surface area (Å²) in [5.74, 6) is -1.31. The summed E-state index contributed by atoms with van der Waals surface area (Å²) in [6.45, 7) is -0.770. The zero-order valence-corrected chi connectivity index (χ0v) is 10.4. The largest absolute Gasteiger partial charge is 0.479 e. The Kier molecular flexibility index (Phi) is 5.17. The molecule has 0 saturated heterocycles. The lowest BCUT2D eigenvalue weighted by molar-refractivity contribution is -0.144. The standard InChI is InChI=1S/C10H8ClF3N2O4/c11-6-3-5(10(12,13)14)1-2-7(6)15-9(19)16-20-4-8(17)18/h1-3H,4H2,(H,17,18)(H2,15,16,19). The van der Waals surface area contributed by atoms with Crippen molar-refractivity contribution in [1.82, 2.24) is 5.48 Å². The van der Waals surface area contributed by atoms with Gasteiger partial charge in [0.1, 0.15) is 0 Å². The molecule has 0 atom stereocenters. The summed E-state index contributed by atoms with van der Waals surface area (Å²) in [5, 5.41) is 10.0. The zero-order valence-electron chi connectivity index (χ0n) is 9.62. The molecular formula is C10H8ClF3N2O4. The average Bonchev–Trinajstić information content (AvgIpc) is 2.29. The van der Waals surface area contributed by atoms with Gasteiger partial charge in [0.25, 0.3) is 0 Å². The number of amides is 2. The van der Waals surface area contributed by atoms with Crippen LogP contribution in [0.1, 0.15) is 5.56 Å². The van der Waals surface area contributed by atoms with Gasteiger partial charge in [-0.25, -0.2) is 15.1 Å². The second-order valence-corrected chi connectivity index (χ2v) is 3.84. The molecule has 0 aromatic heterocycles. The third-order valence-corrected chi connectivity index (χ3v) is 2.22. The minimum absolute atomic E-state index is 0.0870. The molecule has 0 bridgehead atoms. The Hall–Kier alpha value is -2.00. The van der Waals surface area contributed by atoms with Gasteiger partial charge in [-0.15, -0.1) is 0 Å². The van der Waals surface area contributed by atoms with Crippen LogP contribution in [0.25, 0.3) is 0 Å². The topological polar surface area (TPSA) is 87.7 Å². The lowest BCUT2D eigenvalue weighted by Gasteiger charge is -2.11. The molecule has 1 rings (SSSR count).